The number of halogens is 2. The van der Waals surface area contributed by atoms with Crippen LogP contribution in [0.1, 0.15) is 25.7 Å². The van der Waals surface area contributed by atoms with E-state index < -0.39 is 0 Å². The van der Waals surface area contributed by atoms with Gasteiger partial charge in [0.05, 0.1) is 10.7 Å². The molecular weight excluding hydrogens is 285 g/mol. The highest BCUT2D eigenvalue weighted by atomic mass is 35.5. The lowest BCUT2D eigenvalue weighted by molar-refractivity contribution is 0.190. The van der Waals surface area contributed by atoms with E-state index in [4.69, 9.17) is 23.2 Å². The molecule has 104 valence electrons. The van der Waals surface area contributed by atoms with E-state index in [2.05, 4.69) is 10.7 Å². The molecule has 1 aromatic rings. The number of carbonyl (C=O) groups is 1. The molecule has 6 heteroatoms. The normalized spacial score (nSPS) is 16.7. The second-order valence-electron chi connectivity index (χ2n) is 4.59. The highest BCUT2D eigenvalue weighted by molar-refractivity contribution is 6.35. The van der Waals surface area contributed by atoms with Gasteiger partial charge in [-0.05, 0) is 31.0 Å². The summed E-state index contributed by atoms with van der Waals surface area (Å²) in [6.07, 6.45) is 4.66. The van der Waals surface area contributed by atoms with Gasteiger partial charge >= 0.3 is 6.03 Å². The van der Waals surface area contributed by atoms with Gasteiger partial charge in [-0.1, -0.05) is 36.0 Å². The lowest BCUT2D eigenvalue weighted by atomic mass is 10.2. The minimum Gasteiger partial charge on any atom is -0.305 e. The van der Waals surface area contributed by atoms with E-state index in [1.165, 1.54) is 12.8 Å². The molecule has 1 saturated heterocycles. The minimum absolute atomic E-state index is 0.286. The summed E-state index contributed by atoms with van der Waals surface area (Å²) >= 11 is 11.9. The first-order valence-corrected chi connectivity index (χ1v) is 7.18. The molecule has 1 aromatic carbocycles. The van der Waals surface area contributed by atoms with Crippen molar-refractivity contribution in [3.63, 3.8) is 0 Å². The van der Waals surface area contributed by atoms with Crippen molar-refractivity contribution in [2.45, 2.75) is 25.7 Å². The average molecular weight is 302 g/mol. The third-order valence-electron chi connectivity index (χ3n) is 3.04. The van der Waals surface area contributed by atoms with E-state index >= 15 is 0 Å². The third kappa shape index (κ3) is 4.56. The number of amides is 2. The predicted molar refractivity (Wildman–Crippen MR) is 78.7 cm³/mol. The van der Waals surface area contributed by atoms with E-state index in [9.17, 15) is 4.79 Å². The van der Waals surface area contributed by atoms with Crippen LogP contribution in [0.15, 0.2) is 18.2 Å². The van der Waals surface area contributed by atoms with Gasteiger partial charge in [0, 0.05) is 18.1 Å². The van der Waals surface area contributed by atoms with Crippen molar-refractivity contribution in [2.75, 3.05) is 18.4 Å². The number of rotatable bonds is 2. The Hall–Kier alpha value is -0.970. The Bertz CT molecular complexity index is 446. The zero-order valence-electron chi connectivity index (χ0n) is 10.6. The monoisotopic (exact) mass is 301 g/mol. The molecule has 1 aliphatic heterocycles. The highest BCUT2D eigenvalue weighted by Gasteiger charge is 2.12. The van der Waals surface area contributed by atoms with Crippen molar-refractivity contribution in [1.82, 2.24) is 10.4 Å². The second kappa shape index (κ2) is 6.98. The first-order chi connectivity index (χ1) is 9.15. The Morgan fingerprint density at radius 1 is 1.11 bits per heavy atom. The van der Waals surface area contributed by atoms with Crippen LogP contribution in [0.5, 0.6) is 0 Å². The fourth-order valence-corrected chi connectivity index (χ4v) is 2.41. The summed E-state index contributed by atoms with van der Waals surface area (Å²) in [7, 11) is 0. The topological polar surface area (TPSA) is 44.4 Å². The molecule has 0 saturated carbocycles. The minimum atomic E-state index is -0.286. The van der Waals surface area contributed by atoms with Crippen molar-refractivity contribution in [3.8, 4) is 0 Å². The summed E-state index contributed by atoms with van der Waals surface area (Å²) in [5.41, 5.74) is 3.35. The molecule has 0 aliphatic carbocycles. The van der Waals surface area contributed by atoms with Crippen molar-refractivity contribution < 1.29 is 4.79 Å². The summed E-state index contributed by atoms with van der Waals surface area (Å²) in [4.78, 5) is 11.9. The van der Waals surface area contributed by atoms with Crippen LogP contribution in [0.2, 0.25) is 10.0 Å². The molecule has 2 rings (SSSR count). The standard InChI is InChI=1S/C13H17Cl2N3O/c14-10-5-6-11(15)12(9-10)16-13(19)17-18-7-3-1-2-4-8-18/h5-6,9H,1-4,7-8H2,(H2,16,17,19). The number of carbonyl (C=O) groups excluding carboxylic acids is 1. The van der Waals surface area contributed by atoms with Crippen LogP contribution < -0.4 is 10.7 Å². The molecule has 1 fully saturated rings. The van der Waals surface area contributed by atoms with Crippen LogP contribution in [0.25, 0.3) is 0 Å². The lowest BCUT2D eigenvalue weighted by Crippen LogP contribution is -2.44. The van der Waals surface area contributed by atoms with Crippen LogP contribution in [-0.2, 0) is 0 Å². The van der Waals surface area contributed by atoms with E-state index in [1.54, 1.807) is 18.2 Å². The first kappa shape index (κ1) is 14.4. The molecule has 0 bridgehead atoms. The Balaban J connectivity index is 1.91. The smallest absolute Gasteiger partial charge is 0.305 e. The zero-order chi connectivity index (χ0) is 13.7. The quantitative estimate of drug-likeness (QED) is 0.870. The van der Waals surface area contributed by atoms with Gasteiger partial charge in [-0.2, -0.15) is 0 Å². The van der Waals surface area contributed by atoms with Crippen molar-refractivity contribution >= 4 is 34.9 Å². The number of benzene rings is 1. The van der Waals surface area contributed by atoms with E-state index in [1.807, 2.05) is 5.01 Å². The van der Waals surface area contributed by atoms with Gasteiger partial charge in [-0.25, -0.2) is 9.80 Å². The number of urea groups is 1. The summed E-state index contributed by atoms with van der Waals surface area (Å²) in [6, 6.07) is 4.69. The fraction of sp³-hybridized carbons (Fsp3) is 0.462. The van der Waals surface area contributed by atoms with Gasteiger partial charge in [0.25, 0.3) is 0 Å². The Morgan fingerprint density at radius 3 is 2.47 bits per heavy atom. The molecular formula is C13H17Cl2N3O. The number of hydrogen-bond acceptors (Lipinski definition) is 2. The number of anilines is 1. The van der Waals surface area contributed by atoms with E-state index in [-0.39, 0.29) is 6.03 Å². The van der Waals surface area contributed by atoms with Gasteiger partial charge in [-0.3, -0.25) is 5.43 Å². The fourth-order valence-electron chi connectivity index (χ4n) is 2.07. The molecule has 0 spiro atoms. The maximum atomic E-state index is 11.9. The van der Waals surface area contributed by atoms with Crippen LogP contribution in [0, 0.1) is 0 Å². The maximum Gasteiger partial charge on any atom is 0.333 e. The first-order valence-electron chi connectivity index (χ1n) is 6.43. The van der Waals surface area contributed by atoms with Gasteiger partial charge in [0.1, 0.15) is 0 Å². The molecule has 1 heterocycles. The molecule has 0 unspecified atom stereocenters. The zero-order valence-corrected chi connectivity index (χ0v) is 12.1. The predicted octanol–water partition coefficient (Wildman–Crippen LogP) is 3.91. The van der Waals surface area contributed by atoms with Crippen LogP contribution >= 0.6 is 23.2 Å². The van der Waals surface area contributed by atoms with Crippen molar-refractivity contribution in [3.05, 3.63) is 28.2 Å². The lowest BCUT2D eigenvalue weighted by Gasteiger charge is -2.21. The van der Waals surface area contributed by atoms with Gasteiger partial charge in [-0.15, -0.1) is 0 Å². The van der Waals surface area contributed by atoms with E-state index in [0.717, 1.165) is 25.9 Å². The van der Waals surface area contributed by atoms with Crippen LogP contribution in [0.3, 0.4) is 0 Å². The largest absolute Gasteiger partial charge is 0.333 e. The van der Waals surface area contributed by atoms with Crippen LogP contribution in [-0.4, -0.2) is 24.1 Å². The molecule has 2 amide bonds. The van der Waals surface area contributed by atoms with E-state index in [0.29, 0.717) is 15.7 Å². The molecule has 1 aliphatic rings. The molecule has 19 heavy (non-hydrogen) atoms. The summed E-state index contributed by atoms with van der Waals surface area (Å²) in [5.74, 6) is 0. The maximum absolute atomic E-state index is 11.9. The molecule has 0 radical (unpaired) electrons. The summed E-state index contributed by atoms with van der Waals surface area (Å²) < 4.78 is 0. The number of nitrogens with zero attached hydrogens (tertiary/aromatic N) is 1. The molecule has 0 atom stereocenters. The van der Waals surface area contributed by atoms with Crippen molar-refractivity contribution in [2.24, 2.45) is 0 Å². The SMILES string of the molecule is O=C(Nc1cc(Cl)ccc1Cl)NN1CCCCCC1. The molecule has 0 aromatic heterocycles. The highest BCUT2D eigenvalue weighted by Crippen LogP contribution is 2.25. The number of nitrogens with one attached hydrogen (secondary N) is 2. The summed E-state index contributed by atoms with van der Waals surface area (Å²) in [5, 5.41) is 5.66. The van der Waals surface area contributed by atoms with Crippen LogP contribution in [0.4, 0.5) is 10.5 Å². The third-order valence-corrected chi connectivity index (χ3v) is 3.61. The molecule has 4 nitrogen and oxygen atoms in total. The Labute approximate surface area is 123 Å². The van der Waals surface area contributed by atoms with Gasteiger partial charge in [0.15, 0.2) is 0 Å². The Morgan fingerprint density at radius 2 is 1.79 bits per heavy atom. The molecule has 2 N–H and O–H groups in total. The second-order valence-corrected chi connectivity index (χ2v) is 5.43. The van der Waals surface area contributed by atoms with Gasteiger partial charge < -0.3 is 5.32 Å². The average Bonchev–Trinajstić information content (AvgIpc) is 2.62. The number of hydrazine groups is 1. The van der Waals surface area contributed by atoms with Gasteiger partial charge in [0.2, 0.25) is 0 Å². The number of hydrogen-bond donors (Lipinski definition) is 2. The van der Waals surface area contributed by atoms with Crippen molar-refractivity contribution in [1.29, 1.82) is 0 Å². The summed E-state index contributed by atoms with van der Waals surface area (Å²) in [6.45, 7) is 1.77. The Kier molecular flexibility index (Phi) is 5.31.